The maximum absolute atomic E-state index is 6.00. The van der Waals surface area contributed by atoms with Crippen molar-refractivity contribution in [3.8, 4) is 5.75 Å². The number of nitrogen functional groups attached to an aromatic ring is 1. The first-order chi connectivity index (χ1) is 9.79. The van der Waals surface area contributed by atoms with E-state index in [-0.39, 0.29) is 0 Å². The molecule has 2 heterocycles. The van der Waals surface area contributed by atoms with E-state index in [0.717, 1.165) is 29.0 Å². The molecule has 0 fully saturated rings. The van der Waals surface area contributed by atoms with E-state index in [2.05, 4.69) is 17.1 Å². The van der Waals surface area contributed by atoms with Gasteiger partial charge in [-0.1, -0.05) is 18.1 Å². The molecule has 0 spiro atoms. The van der Waals surface area contributed by atoms with E-state index in [1.54, 1.807) is 6.20 Å². The van der Waals surface area contributed by atoms with Crippen molar-refractivity contribution >= 4 is 17.0 Å². The van der Waals surface area contributed by atoms with Crippen LogP contribution in [0.2, 0.25) is 0 Å². The summed E-state index contributed by atoms with van der Waals surface area (Å²) in [6, 6.07) is 7.62. The zero-order valence-corrected chi connectivity index (χ0v) is 11.2. The van der Waals surface area contributed by atoms with Crippen molar-refractivity contribution in [1.29, 1.82) is 0 Å². The first-order valence-corrected chi connectivity index (χ1v) is 6.56. The molecular formula is C14H16N4O2. The van der Waals surface area contributed by atoms with Crippen LogP contribution in [0, 0.1) is 0 Å². The Hall–Kier alpha value is -2.50. The SMILES string of the molecule is CCCOc1cccc2c1nc(N)n2Cc1ccno1. The Morgan fingerprint density at radius 1 is 1.35 bits per heavy atom. The number of para-hydroxylation sites is 1. The normalized spacial score (nSPS) is 11.1. The summed E-state index contributed by atoms with van der Waals surface area (Å²) in [5.41, 5.74) is 7.70. The van der Waals surface area contributed by atoms with Crippen LogP contribution in [-0.4, -0.2) is 21.3 Å². The van der Waals surface area contributed by atoms with Gasteiger partial charge in [-0.25, -0.2) is 4.98 Å². The Labute approximate surface area is 116 Å². The Kier molecular flexibility index (Phi) is 3.28. The Bertz CT molecular complexity index is 703. The molecule has 0 saturated carbocycles. The Balaban J connectivity index is 2.02. The fourth-order valence-corrected chi connectivity index (χ4v) is 2.11. The largest absolute Gasteiger partial charge is 0.491 e. The first-order valence-electron chi connectivity index (χ1n) is 6.56. The number of imidazole rings is 1. The first kappa shape index (κ1) is 12.5. The zero-order chi connectivity index (χ0) is 13.9. The van der Waals surface area contributed by atoms with Crippen LogP contribution in [-0.2, 0) is 6.54 Å². The van der Waals surface area contributed by atoms with Crippen LogP contribution < -0.4 is 10.5 Å². The topological polar surface area (TPSA) is 79.1 Å². The summed E-state index contributed by atoms with van der Waals surface area (Å²) in [4.78, 5) is 4.40. The summed E-state index contributed by atoms with van der Waals surface area (Å²) in [5.74, 6) is 1.92. The fraction of sp³-hybridized carbons (Fsp3) is 0.286. The zero-order valence-electron chi connectivity index (χ0n) is 11.2. The van der Waals surface area contributed by atoms with E-state index < -0.39 is 0 Å². The van der Waals surface area contributed by atoms with Crippen LogP contribution in [0.5, 0.6) is 5.75 Å². The second kappa shape index (κ2) is 5.24. The lowest BCUT2D eigenvalue weighted by molar-refractivity contribution is 0.320. The van der Waals surface area contributed by atoms with Crippen LogP contribution in [0.3, 0.4) is 0 Å². The average Bonchev–Trinajstić information content (AvgIpc) is 3.06. The number of hydrogen-bond donors (Lipinski definition) is 1. The summed E-state index contributed by atoms with van der Waals surface area (Å²) in [7, 11) is 0. The highest BCUT2D eigenvalue weighted by Crippen LogP contribution is 2.27. The number of benzene rings is 1. The molecule has 0 unspecified atom stereocenters. The van der Waals surface area contributed by atoms with E-state index in [9.17, 15) is 0 Å². The quantitative estimate of drug-likeness (QED) is 0.771. The minimum Gasteiger partial charge on any atom is -0.491 e. The highest BCUT2D eigenvalue weighted by molar-refractivity contribution is 5.84. The monoisotopic (exact) mass is 272 g/mol. The smallest absolute Gasteiger partial charge is 0.201 e. The van der Waals surface area contributed by atoms with E-state index in [4.69, 9.17) is 15.0 Å². The molecule has 0 aliphatic heterocycles. The molecule has 1 aromatic carbocycles. The molecule has 0 saturated heterocycles. The molecule has 20 heavy (non-hydrogen) atoms. The third-order valence-electron chi connectivity index (χ3n) is 3.04. The fourth-order valence-electron chi connectivity index (χ4n) is 2.11. The summed E-state index contributed by atoms with van der Waals surface area (Å²) >= 11 is 0. The van der Waals surface area contributed by atoms with Crippen molar-refractivity contribution in [1.82, 2.24) is 14.7 Å². The van der Waals surface area contributed by atoms with Gasteiger partial charge in [0, 0.05) is 6.07 Å². The molecule has 0 aliphatic rings. The standard InChI is InChI=1S/C14H16N4O2/c1-2-8-19-12-5-3-4-11-13(12)17-14(15)18(11)9-10-6-7-16-20-10/h3-7H,2,8-9H2,1H3,(H2,15,17). The lowest BCUT2D eigenvalue weighted by atomic mass is 10.3. The molecule has 3 aromatic rings. The molecule has 0 amide bonds. The molecule has 2 N–H and O–H groups in total. The van der Waals surface area contributed by atoms with Gasteiger partial charge < -0.3 is 19.6 Å². The van der Waals surface area contributed by atoms with E-state index >= 15 is 0 Å². The van der Waals surface area contributed by atoms with Gasteiger partial charge >= 0.3 is 0 Å². The predicted octanol–water partition coefficient (Wildman–Crippen LogP) is 2.44. The van der Waals surface area contributed by atoms with Crippen molar-refractivity contribution in [3.63, 3.8) is 0 Å². The van der Waals surface area contributed by atoms with Gasteiger partial charge in [0.05, 0.1) is 24.9 Å². The van der Waals surface area contributed by atoms with Crippen LogP contribution in [0.1, 0.15) is 19.1 Å². The lowest BCUT2D eigenvalue weighted by Crippen LogP contribution is -2.03. The van der Waals surface area contributed by atoms with Crippen molar-refractivity contribution in [2.24, 2.45) is 0 Å². The summed E-state index contributed by atoms with van der Waals surface area (Å²) in [6.45, 7) is 3.23. The van der Waals surface area contributed by atoms with Gasteiger partial charge in [0.25, 0.3) is 0 Å². The molecular weight excluding hydrogens is 256 g/mol. The minimum absolute atomic E-state index is 0.434. The lowest BCUT2D eigenvalue weighted by Gasteiger charge is -2.06. The van der Waals surface area contributed by atoms with Gasteiger partial charge in [-0.15, -0.1) is 0 Å². The van der Waals surface area contributed by atoms with Crippen molar-refractivity contribution in [2.45, 2.75) is 19.9 Å². The number of fused-ring (bicyclic) bond motifs is 1. The second-order valence-corrected chi connectivity index (χ2v) is 4.51. The van der Waals surface area contributed by atoms with Gasteiger partial charge in [0.2, 0.25) is 5.95 Å². The summed E-state index contributed by atoms with van der Waals surface area (Å²) in [6.07, 6.45) is 2.56. The highest BCUT2D eigenvalue weighted by atomic mass is 16.5. The van der Waals surface area contributed by atoms with Gasteiger partial charge in [0.15, 0.2) is 5.76 Å². The Morgan fingerprint density at radius 2 is 2.25 bits per heavy atom. The molecule has 3 rings (SSSR count). The maximum Gasteiger partial charge on any atom is 0.201 e. The third-order valence-corrected chi connectivity index (χ3v) is 3.04. The van der Waals surface area contributed by atoms with Crippen LogP contribution in [0.25, 0.3) is 11.0 Å². The average molecular weight is 272 g/mol. The number of ether oxygens (including phenoxy) is 1. The predicted molar refractivity (Wildman–Crippen MR) is 75.5 cm³/mol. The second-order valence-electron chi connectivity index (χ2n) is 4.51. The molecule has 2 aromatic heterocycles. The molecule has 0 atom stereocenters. The van der Waals surface area contributed by atoms with Gasteiger partial charge in [-0.05, 0) is 18.6 Å². The minimum atomic E-state index is 0.434. The number of nitrogens with two attached hydrogens (primary N) is 1. The molecule has 6 heteroatoms. The Morgan fingerprint density at radius 3 is 3.00 bits per heavy atom. The van der Waals surface area contributed by atoms with Crippen LogP contribution in [0.4, 0.5) is 5.95 Å². The van der Waals surface area contributed by atoms with Crippen LogP contribution >= 0.6 is 0 Å². The summed E-state index contributed by atoms with van der Waals surface area (Å²) < 4.78 is 12.7. The van der Waals surface area contributed by atoms with Gasteiger partial charge in [0.1, 0.15) is 11.3 Å². The molecule has 0 radical (unpaired) electrons. The number of rotatable bonds is 5. The molecule has 0 aliphatic carbocycles. The van der Waals surface area contributed by atoms with E-state index in [0.29, 0.717) is 19.1 Å². The van der Waals surface area contributed by atoms with Crippen molar-refractivity contribution in [3.05, 3.63) is 36.2 Å². The molecule has 0 bridgehead atoms. The highest BCUT2D eigenvalue weighted by Gasteiger charge is 2.13. The number of aromatic nitrogens is 3. The number of hydrogen-bond acceptors (Lipinski definition) is 5. The van der Waals surface area contributed by atoms with Crippen molar-refractivity contribution in [2.75, 3.05) is 12.3 Å². The van der Waals surface area contributed by atoms with Gasteiger partial charge in [-0.2, -0.15) is 0 Å². The molecule has 104 valence electrons. The summed E-state index contributed by atoms with van der Waals surface area (Å²) in [5, 5.41) is 3.70. The van der Waals surface area contributed by atoms with Crippen LogP contribution in [0.15, 0.2) is 35.0 Å². The van der Waals surface area contributed by atoms with E-state index in [1.807, 2.05) is 28.8 Å². The number of anilines is 1. The van der Waals surface area contributed by atoms with E-state index in [1.165, 1.54) is 0 Å². The van der Waals surface area contributed by atoms with Gasteiger partial charge in [-0.3, -0.25) is 0 Å². The third kappa shape index (κ3) is 2.20. The maximum atomic E-state index is 6.00. The molecule has 6 nitrogen and oxygen atoms in total. The number of nitrogens with zero attached hydrogens (tertiary/aromatic N) is 3. The van der Waals surface area contributed by atoms with Crippen molar-refractivity contribution < 1.29 is 9.26 Å².